The third-order valence-electron chi connectivity index (χ3n) is 3.05. The van der Waals surface area contributed by atoms with E-state index in [0.717, 1.165) is 12.0 Å². The predicted octanol–water partition coefficient (Wildman–Crippen LogP) is 1.41. The van der Waals surface area contributed by atoms with Crippen molar-refractivity contribution < 1.29 is 19.4 Å². The standard InChI is InChI=1S/C14H19NO4/c16-8-9-18-13-6-7-15(10-13)14(17)19-11-12-4-2-1-3-5-12/h1-5,13,16H,6-11H2/t13-/m1/s1. The fourth-order valence-electron chi connectivity index (χ4n) is 2.06. The molecule has 19 heavy (non-hydrogen) atoms. The first-order chi connectivity index (χ1) is 9.29. The highest BCUT2D eigenvalue weighted by molar-refractivity contribution is 5.68. The van der Waals surface area contributed by atoms with Crippen molar-refractivity contribution >= 4 is 6.09 Å². The molecule has 0 radical (unpaired) electrons. The number of ether oxygens (including phenoxy) is 2. The number of aliphatic hydroxyl groups excluding tert-OH is 1. The van der Waals surface area contributed by atoms with Gasteiger partial charge in [-0.15, -0.1) is 0 Å². The Bertz CT molecular complexity index is 396. The molecule has 1 heterocycles. The molecule has 1 aliphatic rings. The van der Waals surface area contributed by atoms with Gasteiger partial charge in [0.15, 0.2) is 0 Å². The first kappa shape index (κ1) is 13.8. The van der Waals surface area contributed by atoms with Crippen molar-refractivity contribution in [3.63, 3.8) is 0 Å². The Balaban J connectivity index is 1.72. The average molecular weight is 265 g/mol. The van der Waals surface area contributed by atoms with Crippen LogP contribution in [-0.2, 0) is 16.1 Å². The lowest BCUT2D eigenvalue weighted by Gasteiger charge is -2.16. The van der Waals surface area contributed by atoms with Gasteiger partial charge >= 0.3 is 6.09 Å². The summed E-state index contributed by atoms with van der Waals surface area (Å²) in [6, 6.07) is 9.60. The molecule has 2 rings (SSSR count). The second-order valence-corrected chi connectivity index (χ2v) is 4.49. The van der Waals surface area contributed by atoms with E-state index in [2.05, 4.69) is 0 Å². The van der Waals surface area contributed by atoms with Gasteiger partial charge in [0, 0.05) is 6.54 Å². The Morgan fingerprint density at radius 1 is 1.37 bits per heavy atom. The largest absolute Gasteiger partial charge is 0.445 e. The molecule has 0 bridgehead atoms. The van der Waals surface area contributed by atoms with Crippen molar-refractivity contribution in [3.8, 4) is 0 Å². The minimum absolute atomic E-state index is 0.00888. The van der Waals surface area contributed by atoms with E-state index in [1.165, 1.54) is 0 Å². The van der Waals surface area contributed by atoms with Gasteiger partial charge in [-0.25, -0.2) is 4.79 Å². The molecule has 0 aromatic heterocycles. The van der Waals surface area contributed by atoms with Crippen LogP contribution in [0.2, 0.25) is 0 Å². The van der Waals surface area contributed by atoms with E-state index in [1.807, 2.05) is 30.3 Å². The number of hydrogen-bond donors (Lipinski definition) is 1. The molecule has 1 atom stereocenters. The van der Waals surface area contributed by atoms with E-state index in [1.54, 1.807) is 4.90 Å². The maximum Gasteiger partial charge on any atom is 0.410 e. The van der Waals surface area contributed by atoms with Gasteiger partial charge in [-0.05, 0) is 12.0 Å². The molecule has 1 N–H and O–H groups in total. The van der Waals surface area contributed by atoms with E-state index in [0.29, 0.717) is 26.3 Å². The molecule has 5 nitrogen and oxygen atoms in total. The zero-order valence-corrected chi connectivity index (χ0v) is 10.8. The summed E-state index contributed by atoms with van der Waals surface area (Å²) in [5.41, 5.74) is 0.975. The van der Waals surface area contributed by atoms with Crippen LogP contribution in [0.4, 0.5) is 4.79 Å². The van der Waals surface area contributed by atoms with Crippen LogP contribution in [0.15, 0.2) is 30.3 Å². The maximum atomic E-state index is 11.8. The SMILES string of the molecule is O=C(OCc1ccccc1)N1CC[C@@H](OCCO)C1. The summed E-state index contributed by atoms with van der Waals surface area (Å²) >= 11 is 0. The molecule has 1 fully saturated rings. The van der Waals surface area contributed by atoms with Crippen LogP contribution in [-0.4, -0.2) is 48.5 Å². The van der Waals surface area contributed by atoms with Crippen LogP contribution in [0.3, 0.4) is 0 Å². The lowest BCUT2D eigenvalue weighted by Crippen LogP contribution is -2.30. The summed E-state index contributed by atoms with van der Waals surface area (Å²) in [7, 11) is 0. The van der Waals surface area contributed by atoms with Gasteiger partial charge in [0.1, 0.15) is 6.61 Å². The van der Waals surface area contributed by atoms with E-state index in [9.17, 15) is 4.79 Å². The lowest BCUT2D eigenvalue weighted by atomic mass is 10.2. The van der Waals surface area contributed by atoms with Crippen molar-refractivity contribution in [2.75, 3.05) is 26.3 Å². The Morgan fingerprint density at radius 2 is 2.16 bits per heavy atom. The molecule has 1 aromatic carbocycles. The van der Waals surface area contributed by atoms with Gasteiger partial charge in [-0.2, -0.15) is 0 Å². The Hall–Kier alpha value is -1.59. The smallest absolute Gasteiger partial charge is 0.410 e. The molecule has 0 saturated carbocycles. The van der Waals surface area contributed by atoms with Gasteiger partial charge in [-0.1, -0.05) is 30.3 Å². The van der Waals surface area contributed by atoms with Crippen LogP contribution in [0.1, 0.15) is 12.0 Å². The van der Waals surface area contributed by atoms with Gasteiger partial charge in [-0.3, -0.25) is 0 Å². The fourth-order valence-corrected chi connectivity index (χ4v) is 2.06. The Morgan fingerprint density at radius 3 is 2.89 bits per heavy atom. The van der Waals surface area contributed by atoms with Crippen molar-refractivity contribution in [1.82, 2.24) is 4.90 Å². The number of likely N-dealkylation sites (tertiary alicyclic amines) is 1. The second-order valence-electron chi connectivity index (χ2n) is 4.49. The van der Waals surface area contributed by atoms with Crippen molar-refractivity contribution in [3.05, 3.63) is 35.9 Å². The van der Waals surface area contributed by atoms with E-state index >= 15 is 0 Å². The molecule has 0 spiro atoms. The first-order valence-electron chi connectivity index (χ1n) is 6.47. The van der Waals surface area contributed by atoms with Crippen LogP contribution in [0, 0.1) is 0 Å². The van der Waals surface area contributed by atoms with Gasteiger partial charge in [0.2, 0.25) is 0 Å². The number of hydrogen-bond acceptors (Lipinski definition) is 4. The van der Waals surface area contributed by atoms with Gasteiger partial charge < -0.3 is 19.5 Å². The summed E-state index contributed by atoms with van der Waals surface area (Å²) in [6.45, 7) is 1.79. The summed E-state index contributed by atoms with van der Waals surface area (Å²) in [5.74, 6) is 0. The number of amides is 1. The van der Waals surface area contributed by atoms with Crippen molar-refractivity contribution in [1.29, 1.82) is 0 Å². The summed E-state index contributed by atoms with van der Waals surface area (Å²) < 4.78 is 10.6. The average Bonchev–Trinajstić information content (AvgIpc) is 2.92. The number of nitrogens with zero attached hydrogens (tertiary/aromatic N) is 1. The molecular weight excluding hydrogens is 246 g/mol. The number of carbonyl (C=O) groups is 1. The molecule has 1 saturated heterocycles. The van der Waals surface area contributed by atoms with E-state index < -0.39 is 0 Å². The molecular formula is C14H19NO4. The quantitative estimate of drug-likeness (QED) is 0.874. The minimum atomic E-state index is -0.307. The van der Waals surface area contributed by atoms with Crippen LogP contribution in [0.5, 0.6) is 0 Å². The van der Waals surface area contributed by atoms with Crippen LogP contribution < -0.4 is 0 Å². The highest BCUT2D eigenvalue weighted by Gasteiger charge is 2.27. The molecule has 0 unspecified atom stereocenters. The molecule has 1 amide bonds. The normalized spacial score (nSPS) is 18.6. The Kier molecular flexibility index (Phi) is 5.18. The monoisotopic (exact) mass is 265 g/mol. The van der Waals surface area contributed by atoms with E-state index in [-0.39, 0.29) is 18.8 Å². The minimum Gasteiger partial charge on any atom is -0.445 e. The third kappa shape index (κ3) is 4.22. The van der Waals surface area contributed by atoms with E-state index in [4.69, 9.17) is 14.6 Å². The Labute approximate surface area is 112 Å². The molecule has 5 heteroatoms. The van der Waals surface area contributed by atoms with Gasteiger partial charge in [0.25, 0.3) is 0 Å². The lowest BCUT2D eigenvalue weighted by molar-refractivity contribution is 0.0322. The highest BCUT2D eigenvalue weighted by Crippen LogP contribution is 2.14. The topological polar surface area (TPSA) is 59.0 Å². The maximum absolute atomic E-state index is 11.8. The van der Waals surface area contributed by atoms with Crippen molar-refractivity contribution in [2.24, 2.45) is 0 Å². The summed E-state index contributed by atoms with van der Waals surface area (Å²) in [6.07, 6.45) is 0.496. The highest BCUT2D eigenvalue weighted by atomic mass is 16.6. The summed E-state index contributed by atoms with van der Waals surface area (Å²) in [4.78, 5) is 13.5. The second kappa shape index (κ2) is 7.11. The predicted molar refractivity (Wildman–Crippen MR) is 69.6 cm³/mol. The zero-order chi connectivity index (χ0) is 13.5. The first-order valence-corrected chi connectivity index (χ1v) is 6.47. The number of benzene rings is 1. The zero-order valence-electron chi connectivity index (χ0n) is 10.8. The van der Waals surface area contributed by atoms with Gasteiger partial charge in [0.05, 0.1) is 25.9 Å². The number of carbonyl (C=O) groups excluding carboxylic acids is 1. The fraction of sp³-hybridized carbons (Fsp3) is 0.500. The van der Waals surface area contributed by atoms with Crippen LogP contribution >= 0.6 is 0 Å². The molecule has 1 aliphatic heterocycles. The number of rotatable bonds is 5. The summed E-state index contributed by atoms with van der Waals surface area (Å²) in [5, 5.41) is 8.68. The third-order valence-corrected chi connectivity index (χ3v) is 3.05. The number of aliphatic hydroxyl groups is 1. The van der Waals surface area contributed by atoms with Crippen LogP contribution in [0.25, 0.3) is 0 Å². The molecule has 1 aromatic rings. The molecule has 0 aliphatic carbocycles. The molecule has 104 valence electrons. The van der Waals surface area contributed by atoms with Crippen molar-refractivity contribution in [2.45, 2.75) is 19.1 Å².